The highest BCUT2D eigenvalue weighted by molar-refractivity contribution is 7.26. The normalized spacial score (nSPS) is 20.3. The third-order valence-electron chi connectivity index (χ3n) is 3.69. The molecule has 0 aliphatic carbocycles. The summed E-state index contributed by atoms with van der Waals surface area (Å²) in [6, 6.07) is 11.5. The molecule has 4 rings (SSSR count). The lowest BCUT2D eigenvalue weighted by Gasteiger charge is -2.06. The van der Waals surface area contributed by atoms with Crippen molar-refractivity contribution in [3.05, 3.63) is 41.3 Å². The maximum absolute atomic E-state index is 12.2. The summed E-state index contributed by atoms with van der Waals surface area (Å²) in [5, 5.41) is 0.870. The molecule has 0 spiro atoms. The number of hydrogen-bond acceptors (Lipinski definition) is 7. The Kier molecular flexibility index (Phi) is 3.82. The minimum atomic E-state index is -0.805. The van der Waals surface area contributed by atoms with Crippen LogP contribution in [-0.2, 0) is 14.3 Å². The lowest BCUT2D eigenvalue weighted by Crippen LogP contribution is -2.22. The maximum Gasteiger partial charge on any atom is 0.349 e. The highest BCUT2D eigenvalue weighted by Crippen LogP contribution is 2.34. The molecule has 24 heavy (non-hydrogen) atoms. The van der Waals surface area contributed by atoms with E-state index < -0.39 is 18.0 Å². The Labute approximate surface area is 145 Å². The Morgan fingerprint density at radius 3 is 2.83 bits per heavy atom. The molecule has 122 valence electrons. The molecule has 1 aliphatic rings. The minimum absolute atomic E-state index is 0.211. The molecule has 0 saturated carbocycles. The van der Waals surface area contributed by atoms with Gasteiger partial charge in [-0.3, -0.25) is 0 Å². The molecule has 0 N–H and O–H groups in total. The van der Waals surface area contributed by atoms with Gasteiger partial charge in [-0.1, -0.05) is 12.1 Å². The Balaban J connectivity index is 1.54. The van der Waals surface area contributed by atoms with Crippen LogP contribution >= 0.6 is 22.7 Å². The van der Waals surface area contributed by atoms with Crippen LogP contribution in [0, 0.1) is 0 Å². The summed E-state index contributed by atoms with van der Waals surface area (Å²) in [7, 11) is 0. The van der Waals surface area contributed by atoms with Gasteiger partial charge in [-0.15, -0.1) is 22.7 Å². The number of carbonyl (C=O) groups excluding carboxylic acids is 2. The van der Waals surface area contributed by atoms with Gasteiger partial charge >= 0.3 is 11.9 Å². The molecule has 2 atom stereocenters. The van der Waals surface area contributed by atoms with Gasteiger partial charge in [0.2, 0.25) is 6.10 Å². The minimum Gasteiger partial charge on any atom is -0.460 e. The summed E-state index contributed by atoms with van der Waals surface area (Å²) in [5.74, 6) is -0.970. The Morgan fingerprint density at radius 1 is 1.25 bits per heavy atom. The molecule has 5 nitrogen and oxygen atoms in total. The smallest absolute Gasteiger partial charge is 0.349 e. The Hall–Kier alpha value is -2.25. The predicted molar refractivity (Wildman–Crippen MR) is 92.3 cm³/mol. The van der Waals surface area contributed by atoms with E-state index in [4.69, 9.17) is 9.47 Å². The van der Waals surface area contributed by atoms with E-state index in [1.54, 1.807) is 24.3 Å². The highest BCUT2D eigenvalue weighted by atomic mass is 32.1. The van der Waals surface area contributed by atoms with Crippen LogP contribution in [0.15, 0.2) is 36.4 Å². The van der Waals surface area contributed by atoms with Crippen molar-refractivity contribution in [1.29, 1.82) is 0 Å². The fourth-order valence-corrected chi connectivity index (χ4v) is 4.45. The van der Waals surface area contributed by atoms with E-state index in [2.05, 4.69) is 4.98 Å². The lowest BCUT2D eigenvalue weighted by molar-refractivity contribution is -0.147. The zero-order valence-electron chi connectivity index (χ0n) is 12.7. The quantitative estimate of drug-likeness (QED) is 0.664. The fraction of sp³-hybridized carbons (Fsp3) is 0.235. The van der Waals surface area contributed by atoms with Gasteiger partial charge in [0.05, 0.1) is 15.1 Å². The second-order valence-electron chi connectivity index (χ2n) is 5.53. The number of ether oxygens (including phenoxy) is 2. The number of rotatable bonds is 3. The third kappa shape index (κ3) is 2.81. The molecule has 3 heterocycles. The molecule has 7 heteroatoms. The number of hydrogen-bond donors (Lipinski definition) is 0. The molecule has 1 aliphatic heterocycles. The first-order valence-electron chi connectivity index (χ1n) is 7.47. The number of esters is 2. The highest BCUT2D eigenvalue weighted by Gasteiger charge is 2.35. The summed E-state index contributed by atoms with van der Waals surface area (Å²) in [4.78, 5) is 29.8. The first kappa shape index (κ1) is 15.3. The fourth-order valence-electron chi connectivity index (χ4n) is 2.54. The molecule has 1 fully saturated rings. The standard InChI is InChI=1S/C17H13NO4S2/c1-9-8-11(16(19)21-9)22-17(20)14-7-6-13(23-14)15-18-10-4-2-3-5-12(10)24-15/h2-7,9,11H,8H2,1H3/t9-,11+/m0/s1. The van der Waals surface area contributed by atoms with Crippen molar-refractivity contribution in [2.45, 2.75) is 25.6 Å². The van der Waals surface area contributed by atoms with E-state index in [1.807, 2.05) is 30.3 Å². The zero-order valence-corrected chi connectivity index (χ0v) is 14.4. The maximum atomic E-state index is 12.2. The number of nitrogens with zero attached hydrogens (tertiary/aromatic N) is 1. The van der Waals surface area contributed by atoms with Gasteiger partial charge in [-0.05, 0) is 31.2 Å². The van der Waals surface area contributed by atoms with Gasteiger partial charge in [0, 0.05) is 6.42 Å². The summed E-state index contributed by atoms with van der Waals surface area (Å²) < 4.78 is 11.4. The molecule has 2 aromatic heterocycles. The molecule has 1 aromatic carbocycles. The summed E-state index contributed by atoms with van der Waals surface area (Å²) in [5.41, 5.74) is 0.942. The molecule has 0 unspecified atom stereocenters. The van der Waals surface area contributed by atoms with Crippen LogP contribution in [0.4, 0.5) is 0 Å². The average molecular weight is 359 g/mol. The van der Waals surface area contributed by atoms with Crippen LogP contribution < -0.4 is 0 Å². The van der Waals surface area contributed by atoms with Crippen LogP contribution in [0.3, 0.4) is 0 Å². The van der Waals surface area contributed by atoms with Gasteiger partial charge in [0.1, 0.15) is 16.0 Å². The van der Waals surface area contributed by atoms with E-state index in [0.29, 0.717) is 11.3 Å². The Bertz CT molecular complexity index is 896. The SMILES string of the molecule is C[C@H]1C[C@@H](OC(=O)c2ccc(-c3nc4ccccc4s3)s2)C(=O)O1. The molecular formula is C17H13NO4S2. The summed E-state index contributed by atoms with van der Waals surface area (Å²) in [6.07, 6.45) is -0.613. The summed E-state index contributed by atoms with van der Waals surface area (Å²) >= 11 is 2.90. The monoisotopic (exact) mass is 359 g/mol. The van der Waals surface area contributed by atoms with Crippen molar-refractivity contribution in [2.75, 3.05) is 0 Å². The molecule has 0 radical (unpaired) electrons. The van der Waals surface area contributed by atoms with Crippen molar-refractivity contribution in [3.8, 4) is 9.88 Å². The van der Waals surface area contributed by atoms with Crippen LogP contribution in [0.25, 0.3) is 20.1 Å². The van der Waals surface area contributed by atoms with Crippen LogP contribution in [0.2, 0.25) is 0 Å². The number of thiazole rings is 1. The number of cyclic esters (lactones) is 1. The molecule has 0 bridgehead atoms. The lowest BCUT2D eigenvalue weighted by atomic mass is 10.2. The largest absolute Gasteiger partial charge is 0.460 e. The number of fused-ring (bicyclic) bond motifs is 1. The van der Waals surface area contributed by atoms with Crippen LogP contribution in [0.5, 0.6) is 0 Å². The van der Waals surface area contributed by atoms with E-state index in [0.717, 1.165) is 20.1 Å². The van der Waals surface area contributed by atoms with Crippen molar-refractivity contribution in [2.24, 2.45) is 0 Å². The zero-order chi connectivity index (χ0) is 16.7. The topological polar surface area (TPSA) is 65.5 Å². The van der Waals surface area contributed by atoms with Gasteiger partial charge in [0.15, 0.2) is 0 Å². The number of aromatic nitrogens is 1. The average Bonchev–Trinajstić information content (AvgIpc) is 3.25. The van der Waals surface area contributed by atoms with E-state index >= 15 is 0 Å². The van der Waals surface area contributed by atoms with E-state index in [9.17, 15) is 9.59 Å². The van der Waals surface area contributed by atoms with Gasteiger partial charge in [-0.2, -0.15) is 0 Å². The first-order chi connectivity index (χ1) is 11.6. The number of benzene rings is 1. The second-order valence-corrected chi connectivity index (χ2v) is 7.64. The van der Waals surface area contributed by atoms with E-state index in [-0.39, 0.29) is 6.10 Å². The molecular weight excluding hydrogens is 346 g/mol. The van der Waals surface area contributed by atoms with Gasteiger partial charge in [-0.25, -0.2) is 14.6 Å². The summed E-state index contributed by atoms with van der Waals surface area (Å²) in [6.45, 7) is 1.78. The van der Waals surface area contributed by atoms with Gasteiger partial charge < -0.3 is 9.47 Å². The molecule has 3 aromatic rings. The Morgan fingerprint density at radius 2 is 2.08 bits per heavy atom. The molecule has 0 amide bonds. The second kappa shape index (κ2) is 5.99. The third-order valence-corrected chi connectivity index (χ3v) is 5.96. The van der Waals surface area contributed by atoms with Crippen LogP contribution in [0.1, 0.15) is 23.0 Å². The van der Waals surface area contributed by atoms with Crippen molar-refractivity contribution < 1.29 is 19.1 Å². The number of para-hydroxylation sites is 1. The van der Waals surface area contributed by atoms with E-state index in [1.165, 1.54) is 11.3 Å². The number of thiophene rings is 1. The predicted octanol–water partition coefficient (Wildman–Crippen LogP) is 3.89. The van der Waals surface area contributed by atoms with Gasteiger partial charge in [0.25, 0.3) is 0 Å². The van der Waals surface area contributed by atoms with Crippen LogP contribution in [-0.4, -0.2) is 29.1 Å². The molecule has 1 saturated heterocycles. The first-order valence-corrected chi connectivity index (χ1v) is 9.11. The van der Waals surface area contributed by atoms with Crippen molar-refractivity contribution >= 4 is 44.8 Å². The van der Waals surface area contributed by atoms with Crippen molar-refractivity contribution in [1.82, 2.24) is 4.98 Å². The number of carbonyl (C=O) groups is 2. The van der Waals surface area contributed by atoms with Crippen molar-refractivity contribution in [3.63, 3.8) is 0 Å².